The van der Waals surface area contributed by atoms with E-state index in [4.69, 9.17) is 0 Å². The lowest BCUT2D eigenvalue weighted by Gasteiger charge is -1.99. The maximum Gasteiger partial charge on any atom is 0.252 e. The van der Waals surface area contributed by atoms with Gasteiger partial charge in [0.25, 0.3) is 6.85 Å². The Morgan fingerprint density at radius 3 is 1.88 bits per heavy atom. The zero-order valence-electron chi connectivity index (χ0n) is 5.33. The highest BCUT2D eigenvalue weighted by Crippen LogP contribution is 1.90. The van der Waals surface area contributed by atoms with Crippen LogP contribution in [0.1, 0.15) is 0 Å². The number of nitrogens with zero attached hydrogens (tertiary/aromatic N) is 1. The Balaban J connectivity index is 2.77. The first-order chi connectivity index (χ1) is 3.80. The predicted octanol–water partition coefficient (Wildman–Crippen LogP) is 1.59. The molecule has 0 amide bonds. The van der Waals surface area contributed by atoms with E-state index in [2.05, 4.69) is 30.5 Å². The predicted molar refractivity (Wildman–Crippen MR) is 37.3 cm³/mol. The van der Waals surface area contributed by atoms with Crippen LogP contribution < -0.4 is 0 Å². The van der Waals surface area contributed by atoms with Crippen LogP contribution in [0, 0.1) is 0 Å². The summed E-state index contributed by atoms with van der Waals surface area (Å²) in [6.45, 7) is 4.94. The van der Waals surface area contributed by atoms with Crippen LogP contribution in [0.3, 0.4) is 0 Å². The van der Waals surface area contributed by atoms with Gasteiger partial charge in [-0.2, -0.15) is 0 Å². The van der Waals surface area contributed by atoms with E-state index in [1.54, 1.807) is 0 Å². The number of hydrogen-bond donors (Lipinski definition) is 0. The molecule has 0 aliphatic carbocycles. The van der Waals surface area contributed by atoms with Crippen molar-refractivity contribution in [1.82, 2.24) is 4.48 Å². The fourth-order valence-electron chi connectivity index (χ4n) is 0.692. The Labute approximate surface area is 50.4 Å². The van der Waals surface area contributed by atoms with E-state index in [9.17, 15) is 0 Å². The van der Waals surface area contributed by atoms with Crippen molar-refractivity contribution in [1.29, 1.82) is 0 Å². The molecule has 0 unspecified atom stereocenters. The Morgan fingerprint density at radius 1 is 1.12 bits per heavy atom. The summed E-state index contributed by atoms with van der Waals surface area (Å²) < 4.78 is 2.17. The molecule has 0 saturated heterocycles. The van der Waals surface area contributed by atoms with Crippen molar-refractivity contribution in [2.75, 3.05) is 0 Å². The van der Waals surface area contributed by atoms with E-state index in [1.165, 1.54) is 0 Å². The molecule has 0 bridgehead atoms. The molecule has 0 aliphatic heterocycles. The third kappa shape index (κ3) is 0.943. The average molecular weight is 107 g/mol. The molecule has 1 aromatic rings. The summed E-state index contributed by atoms with van der Waals surface area (Å²) in [4.78, 5) is 0. The first kappa shape index (κ1) is 5.48. The molecule has 0 N–H and O–H groups in total. The van der Waals surface area contributed by atoms with E-state index in [-0.39, 0.29) is 0 Å². The molecule has 0 atom stereocenters. The molecule has 42 valence electrons. The van der Waals surface area contributed by atoms with Crippen molar-refractivity contribution in [2.45, 2.75) is 13.6 Å². The highest BCUT2D eigenvalue weighted by molar-refractivity contribution is 6.53. The van der Waals surface area contributed by atoms with Crippen LogP contribution in [0.2, 0.25) is 13.6 Å². The second-order valence-corrected chi connectivity index (χ2v) is 2.22. The fraction of sp³-hybridized carbons (Fsp3) is 0.333. The standard InChI is InChI=1S/C6H10BN/c1-7(2)8-5-3-4-6-8/h3-6H,1-2H3. The van der Waals surface area contributed by atoms with Crippen LogP contribution in [-0.2, 0) is 0 Å². The van der Waals surface area contributed by atoms with Gasteiger partial charge in [0.15, 0.2) is 0 Å². The first-order valence-electron chi connectivity index (χ1n) is 2.93. The molecular formula is C6H10BN. The molecule has 1 nitrogen and oxygen atoms in total. The number of rotatable bonds is 1. The molecule has 1 heterocycles. The summed E-state index contributed by atoms with van der Waals surface area (Å²) in [5, 5.41) is 0. The van der Waals surface area contributed by atoms with Crippen molar-refractivity contribution < 1.29 is 0 Å². The largest absolute Gasteiger partial charge is 0.399 e. The molecule has 0 aliphatic rings. The summed E-state index contributed by atoms with van der Waals surface area (Å²) in [6, 6.07) is 4.08. The van der Waals surface area contributed by atoms with Crippen LogP contribution in [-0.4, -0.2) is 11.3 Å². The Morgan fingerprint density at radius 2 is 1.62 bits per heavy atom. The topological polar surface area (TPSA) is 4.93 Å². The lowest BCUT2D eigenvalue weighted by molar-refractivity contribution is 1.20. The summed E-state index contributed by atoms with van der Waals surface area (Å²) in [7, 11) is 0. The first-order valence-corrected chi connectivity index (χ1v) is 2.93. The van der Waals surface area contributed by atoms with Gasteiger partial charge in [-0.1, -0.05) is 13.6 Å². The third-order valence-electron chi connectivity index (χ3n) is 1.22. The molecule has 1 rings (SSSR count). The molecule has 2 heteroatoms. The summed E-state index contributed by atoms with van der Waals surface area (Å²) in [6.07, 6.45) is 4.15. The van der Waals surface area contributed by atoms with Gasteiger partial charge in [0, 0.05) is 0 Å². The Hall–Kier alpha value is -0.655. The zero-order valence-corrected chi connectivity index (χ0v) is 5.33. The van der Waals surface area contributed by atoms with Gasteiger partial charge < -0.3 is 4.48 Å². The second-order valence-electron chi connectivity index (χ2n) is 2.22. The molecule has 8 heavy (non-hydrogen) atoms. The summed E-state index contributed by atoms with van der Waals surface area (Å²) in [5.41, 5.74) is 0. The number of hydrogen-bond acceptors (Lipinski definition) is 0. The molecule has 0 fully saturated rings. The molecule has 0 aromatic carbocycles. The molecular weight excluding hydrogens is 96.9 g/mol. The van der Waals surface area contributed by atoms with Gasteiger partial charge in [-0.15, -0.1) is 0 Å². The van der Waals surface area contributed by atoms with E-state index in [1.807, 2.05) is 12.1 Å². The van der Waals surface area contributed by atoms with Gasteiger partial charge in [0.1, 0.15) is 0 Å². The minimum absolute atomic E-state index is 0.602. The van der Waals surface area contributed by atoms with Crippen molar-refractivity contribution in [3.8, 4) is 0 Å². The summed E-state index contributed by atoms with van der Waals surface area (Å²) in [5.74, 6) is 0. The van der Waals surface area contributed by atoms with Crippen LogP contribution in [0.25, 0.3) is 0 Å². The lowest BCUT2D eigenvalue weighted by atomic mass is 9.68. The van der Waals surface area contributed by atoms with Crippen molar-refractivity contribution in [3.63, 3.8) is 0 Å². The van der Waals surface area contributed by atoms with Gasteiger partial charge in [0.2, 0.25) is 0 Å². The summed E-state index contributed by atoms with van der Waals surface area (Å²) >= 11 is 0. The zero-order chi connectivity index (χ0) is 5.98. The van der Waals surface area contributed by atoms with Crippen LogP contribution >= 0.6 is 0 Å². The van der Waals surface area contributed by atoms with Crippen LogP contribution in [0.15, 0.2) is 24.5 Å². The van der Waals surface area contributed by atoms with Crippen LogP contribution in [0.4, 0.5) is 0 Å². The minimum Gasteiger partial charge on any atom is -0.399 e. The Kier molecular flexibility index (Phi) is 1.42. The minimum atomic E-state index is 0.602. The monoisotopic (exact) mass is 107 g/mol. The SMILES string of the molecule is CB(C)n1cccc1. The molecule has 0 radical (unpaired) electrons. The molecule has 1 aromatic heterocycles. The van der Waals surface area contributed by atoms with E-state index in [0.29, 0.717) is 6.85 Å². The Bertz CT molecular complexity index is 144. The van der Waals surface area contributed by atoms with Gasteiger partial charge >= 0.3 is 0 Å². The van der Waals surface area contributed by atoms with E-state index < -0.39 is 0 Å². The van der Waals surface area contributed by atoms with Crippen molar-refractivity contribution in [3.05, 3.63) is 24.5 Å². The lowest BCUT2D eigenvalue weighted by Crippen LogP contribution is -2.11. The second kappa shape index (κ2) is 2.08. The quantitative estimate of drug-likeness (QED) is 0.480. The maximum absolute atomic E-state index is 2.17. The molecule has 0 saturated carbocycles. The van der Waals surface area contributed by atoms with E-state index in [0.717, 1.165) is 0 Å². The average Bonchev–Trinajstić information content (AvgIpc) is 2.12. The maximum atomic E-state index is 2.17. The highest BCUT2D eigenvalue weighted by Gasteiger charge is 1.96. The van der Waals surface area contributed by atoms with Gasteiger partial charge in [-0.3, -0.25) is 0 Å². The smallest absolute Gasteiger partial charge is 0.252 e. The highest BCUT2D eigenvalue weighted by atomic mass is 14.8. The number of aromatic nitrogens is 1. The van der Waals surface area contributed by atoms with Crippen molar-refractivity contribution in [2.24, 2.45) is 0 Å². The van der Waals surface area contributed by atoms with Crippen LogP contribution in [0.5, 0.6) is 0 Å². The molecule has 0 spiro atoms. The van der Waals surface area contributed by atoms with Gasteiger partial charge in [0.05, 0.1) is 0 Å². The van der Waals surface area contributed by atoms with Gasteiger partial charge in [-0.05, 0) is 24.5 Å². The normalized spacial score (nSPS) is 9.25. The fourth-order valence-corrected chi connectivity index (χ4v) is 0.692. The van der Waals surface area contributed by atoms with E-state index >= 15 is 0 Å². The van der Waals surface area contributed by atoms with Crippen molar-refractivity contribution >= 4 is 6.85 Å². The third-order valence-corrected chi connectivity index (χ3v) is 1.22. The van der Waals surface area contributed by atoms with Gasteiger partial charge in [-0.25, -0.2) is 0 Å².